The highest BCUT2D eigenvalue weighted by Gasteiger charge is 2.23. The van der Waals surface area contributed by atoms with Gasteiger partial charge in [-0.3, -0.25) is 9.69 Å². The van der Waals surface area contributed by atoms with E-state index in [0.29, 0.717) is 0 Å². The Hall–Kier alpha value is -2.30. The number of piperazine rings is 1. The number of fused-ring (bicyclic) bond motifs is 1. The van der Waals surface area contributed by atoms with E-state index < -0.39 is 0 Å². The first-order chi connectivity index (χ1) is 12.3. The molecule has 3 aromatic rings. The number of benzene rings is 2. The third-order valence-electron chi connectivity index (χ3n) is 5.04. The summed E-state index contributed by atoms with van der Waals surface area (Å²) in [4.78, 5) is 20.5. The fraction of sp³-hybridized carbons (Fsp3) is 0.286. The van der Waals surface area contributed by atoms with Gasteiger partial charge in [-0.05, 0) is 30.2 Å². The standard InChI is InChI=1S/C21H23N3O.ClH/c25-21(19-7-4-8-20-18(19)9-11-22-20)24-15-13-23(14-16-24)12-10-17-5-2-1-3-6-17;/h1-9,11,22H,10,12-16H2;1H. The average molecular weight is 370 g/mol. The summed E-state index contributed by atoms with van der Waals surface area (Å²) in [5.74, 6) is 0.146. The lowest BCUT2D eigenvalue weighted by atomic mass is 10.1. The van der Waals surface area contributed by atoms with Crippen LogP contribution in [0.15, 0.2) is 60.8 Å². The Morgan fingerprint density at radius 1 is 0.923 bits per heavy atom. The van der Waals surface area contributed by atoms with Gasteiger partial charge in [0.05, 0.1) is 0 Å². The maximum Gasteiger partial charge on any atom is 0.254 e. The number of nitrogens with zero attached hydrogens (tertiary/aromatic N) is 2. The zero-order valence-electron chi connectivity index (χ0n) is 14.7. The molecule has 1 aliphatic rings. The molecule has 0 spiro atoms. The SMILES string of the molecule is Cl.O=C(c1cccc2[nH]ccc12)N1CCN(CCc2ccccc2)CC1. The maximum atomic E-state index is 12.9. The summed E-state index contributed by atoms with van der Waals surface area (Å²) in [6.07, 6.45) is 2.96. The summed E-state index contributed by atoms with van der Waals surface area (Å²) in [5.41, 5.74) is 3.20. The number of carbonyl (C=O) groups excluding carboxylic acids is 1. The van der Waals surface area contributed by atoms with Crippen molar-refractivity contribution in [2.75, 3.05) is 32.7 Å². The van der Waals surface area contributed by atoms with Gasteiger partial charge in [0, 0.05) is 55.4 Å². The summed E-state index contributed by atoms with van der Waals surface area (Å²) < 4.78 is 0. The number of H-pyrrole nitrogens is 1. The minimum atomic E-state index is 0. The predicted molar refractivity (Wildman–Crippen MR) is 108 cm³/mol. The number of amides is 1. The third-order valence-corrected chi connectivity index (χ3v) is 5.04. The molecule has 4 rings (SSSR count). The molecule has 136 valence electrons. The number of nitrogens with one attached hydrogen (secondary N) is 1. The zero-order chi connectivity index (χ0) is 17.1. The van der Waals surface area contributed by atoms with Crippen molar-refractivity contribution >= 4 is 29.2 Å². The first-order valence-corrected chi connectivity index (χ1v) is 8.93. The molecule has 26 heavy (non-hydrogen) atoms. The summed E-state index contributed by atoms with van der Waals surface area (Å²) in [6, 6.07) is 18.5. The molecule has 0 radical (unpaired) electrons. The highest BCUT2D eigenvalue weighted by atomic mass is 35.5. The van der Waals surface area contributed by atoms with Crippen molar-refractivity contribution in [1.82, 2.24) is 14.8 Å². The Morgan fingerprint density at radius 2 is 1.69 bits per heavy atom. The Morgan fingerprint density at radius 3 is 2.46 bits per heavy atom. The molecule has 5 heteroatoms. The van der Waals surface area contributed by atoms with Gasteiger partial charge >= 0.3 is 0 Å². The summed E-state index contributed by atoms with van der Waals surface area (Å²) in [7, 11) is 0. The Kier molecular flexibility index (Phi) is 5.96. The molecule has 1 fully saturated rings. The maximum absolute atomic E-state index is 12.9. The molecule has 2 heterocycles. The van der Waals surface area contributed by atoms with Gasteiger partial charge in [0.2, 0.25) is 0 Å². The fourth-order valence-corrected chi connectivity index (χ4v) is 3.55. The van der Waals surface area contributed by atoms with Crippen molar-refractivity contribution in [2.24, 2.45) is 0 Å². The van der Waals surface area contributed by atoms with Crippen LogP contribution in [0.2, 0.25) is 0 Å². The molecule has 4 nitrogen and oxygen atoms in total. The van der Waals surface area contributed by atoms with Crippen molar-refractivity contribution < 1.29 is 4.79 Å². The van der Waals surface area contributed by atoms with Crippen LogP contribution in [-0.2, 0) is 6.42 Å². The van der Waals surface area contributed by atoms with E-state index in [9.17, 15) is 4.79 Å². The van der Waals surface area contributed by atoms with E-state index in [1.54, 1.807) is 0 Å². The Balaban J connectivity index is 0.00000196. The summed E-state index contributed by atoms with van der Waals surface area (Å²) >= 11 is 0. The molecule has 1 amide bonds. The molecule has 1 saturated heterocycles. The second kappa shape index (κ2) is 8.39. The number of hydrogen-bond acceptors (Lipinski definition) is 2. The highest BCUT2D eigenvalue weighted by molar-refractivity contribution is 6.06. The van der Waals surface area contributed by atoms with Gasteiger partial charge < -0.3 is 9.88 Å². The zero-order valence-corrected chi connectivity index (χ0v) is 15.5. The molecule has 1 aromatic heterocycles. The minimum absolute atomic E-state index is 0. The molecule has 0 aliphatic carbocycles. The number of carbonyl (C=O) groups is 1. The number of hydrogen-bond donors (Lipinski definition) is 1. The van der Waals surface area contributed by atoms with E-state index in [1.165, 1.54) is 5.56 Å². The second-order valence-electron chi connectivity index (χ2n) is 6.61. The van der Waals surface area contributed by atoms with E-state index in [0.717, 1.165) is 55.6 Å². The van der Waals surface area contributed by atoms with Crippen LogP contribution in [0.5, 0.6) is 0 Å². The molecule has 1 aliphatic heterocycles. The van der Waals surface area contributed by atoms with Crippen molar-refractivity contribution in [3.63, 3.8) is 0 Å². The van der Waals surface area contributed by atoms with Gasteiger partial charge in [-0.25, -0.2) is 0 Å². The van der Waals surface area contributed by atoms with Gasteiger partial charge in [-0.15, -0.1) is 12.4 Å². The predicted octanol–water partition coefficient (Wildman–Crippen LogP) is 3.59. The lowest BCUT2D eigenvalue weighted by Gasteiger charge is -2.35. The average Bonchev–Trinajstić information content (AvgIpc) is 3.16. The molecule has 0 saturated carbocycles. The molecule has 1 N–H and O–H groups in total. The minimum Gasteiger partial charge on any atom is -0.361 e. The smallest absolute Gasteiger partial charge is 0.254 e. The van der Waals surface area contributed by atoms with Gasteiger partial charge in [-0.2, -0.15) is 0 Å². The number of aromatic nitrogens is 1. The van der Waals surface area contributed by atoms with Crippen LogP contribution in [0.25, 0.3) is 10.9 Å². The largest absolute Gasteiger partial charge is 0.361 e. The van der Waals surface area contributed by atoms with Gasteiger partial charge in [-0.1, -0.05) is 36.4 Å². The number of aromatic amines is 1. The van der Waals surface area contributed by atoms with Crippen LogP contribution in [0.4, 0.5) is 0 Å². The third kappa shape index (κ3) is 3.92. The van der Waals surface area contributed by atoms with Crippen LogP contribution < -0.4 is 0 Å². The number of halogens is 1. The first kappa shape index (κ1) is 18.5. The molecular weight excluding hydrogens is 346 g/mol. The van der Waals surface area contributed by atoms with Crippen molar-refractivity contribution in [2.45, 2.75) is 6.42 Å². The summed E-state index contributed by atoms with van der Waals surface area (Å²) in [5, 5.41) is 1.01. The van der Waals surface area contributed by atoms with E-state index in [2.05, 4.69) is 40.2 Å². The molecule has 0 atom stereocenters. The van der Waals surface area contributed by atoms with E-state index >= 15 is 0 Å². The highest BCUT2D eigenvalue weighted by Crippen LogP contribution is 2.20. The van der Waals surface area contributed by atoms with Gasteiger partial charge in [0.15, 0.2) is 0 Å². The lowest BCUT2D eigenvalue weighted by Crippen LogP contribution is -2.49. The van der Waals surface area contributed by atoms with Gasteiger partial charge in [0.25, 0.3) is 5.91 Å². The van der Waals surface area contributed by atoms with Crippen molar-refractivity contribution in [1.29, 1.82) is 0 Å². The number of rotatable bonds is 4. The molecule has 0 bridgehead atoms. The van der Waals surface area contributed by atoms with E-state index in [-0.39, 0.29) is 18.3 Å². The molecule has 2 aromatic carbocycles. The monoisotopic (exact) mass is 369 g/mol. The first-order valence-electron chi connectivity index (χ1n) is 8.93. The quantitative estimate of drug-likeness (QED) is 0.763. The lowest BCUT2D eigenvalue weighted by molar-refractivity contribution is 0.0640. The molecular formula is C21H24ClN3O. The summed E-state index contributed by atoms with van der Waals surface area (Å²) in [6.45, 7) is 4.55. The van der Waals surface area contributed by atoms with Gasteiger partial charge in [0.1, 0.15) is 0 Å². The van der Waals surface area contributed by atoms with Crippen LogP contribution in [-0.4, -0.2) is 53.4 Å². The fourth-order valence-electron chi connectivity index (χ4n) is 3.55. The van der Waals surface area contributed by atoms with Crippen molar-refractivity contribution in [3.05, 3.63) is 71.9 Å². The van der Waals surface area contributed by atoms with Crippen LogP contribution in [0.3, 0.4) is 0 Å². The normalized spacial score (nSPS) is 15.0. The van der Waals surface area contributed by atoms with E-state index in [4.69, 9.17) is 0 Å². The second-order valence-corrected chi connectivity index (χ2v) is 6.61. The van der Waals surface area contributed by atoms with Crippen LogP contribution in [0.1, 0.15) is 15.9 Å². The van der Waals surface area contributed by atoms with Crippen LogP contribution in [0, 0.1) is 0 Å². The van der Waals surface area contributed by atoms with Crippen LogP contribution >= 0.6 is 12.4 Å². The molecule has 0 unspecified atom stereocenters. The Labute approximate surface area is 160 Å². The topological polar surface area (TPSA) is 39.3 Å². The van der Waals surface area contributed by atoms with Crippen molar-refractivity contribution in [3.8, 4) is 0 Å². The van der Waals surface area contributed by atoms with E-state index in [1.807, 2.05) is 35.4 Å². The Bertz CT molecular complexity index is 854.